The van der Waals surface area contributed by atoms with E-state index in [-0.39, 0.29) is 12.1 Å². The maximum Gasteiger partial charge on any atom is 0.318 e. The van der Waals surface area contributed by atoms with E-state index in [1.54, 1.807) is 6.92 Å². The van der Waals surface area contributed by atoms with Gasteiger partial charge in [-0.25, -0.2) is 4.79 Å². The molecule has 2 heterocycles. The van der Waals surface area contributed by atoms with Gasteiger partial charge in [0.1, 0.15) is 6.04 Å². The lowest BCUT2D eigenvalue weighted by molar-refractivity contribution is 0.136. The van der Waals surface area contributed by atoms with Crippen LogP contribution < -0.4 is 5.32 Å². The zero-order valence-electron chi connectivity index (χ0n) is 12.1. The molecule has 0 spiro atoms. The number of hydrogen-bond donors (Lipinski definition) is 1. The quantitative estimate of drug-likeness (QED) is 0.921. The lowest BCUT2D eigenvalue weighted by Crippen LogP contribution is -2.47. The molecule has 1 N–H and O–H groups in total. The summed E-state index contributed by atoms with van der Waals surface area (Å²) >= 11 is 0. The topological polar surface area (TPSA) is 71.3 Å². The zero-order valence-corrected chi connectivity index (χ0v) is 12.1. The van der Waals surface area contributed by atoms with Crippen molar-refractivity contribution < 1.29 is 9.32 Å². The Hall–Kier alpha value is -1.59. The van der Waals surface area contributed by atoms with E-state index < -0.39 is 0 Å². The molecule has 20 heavy (non-hydrogen) atoms. The highest BCUT2D eigenvalue weighted by molar-refractivity contribution is 5.75. The van der Waals surface area contributed by atoms with Crippen molar-refractivity contribution in [2.45, 2.75) is 58.0 Å². The van der Waals surface area contributed by atoms with Gasteiger partial charge >= 0.3 is 6.03 Å². The summed E-state index contributed by atoms with van der Waals surface area (Å²) < 4.78 is 5.10. The van der Waals surface area contributed by atoms with E-state index in [1.807, 2.05) is 11.8 Å². The van der Waals surface area contributed by atoms with E-state index in [9.17, 15) is 4.79 Å². The van der Waals surface area contributed by atoms with Crippen LogP contribution in [0.3, 0.4) is 0 Å². The van der Waals surface area contributed by atoms with Gasteiger partial charge in [-0.2, -0.15) is 4.98 Å². The van der Waals surface area contributed by atoms with Gasteiger partial charge < -0.3 is 14.7 Å². The number of aryl methyl sites for hydroxylation is 1. The molecule has 1 aromatic heterocycles. The van der Waals surface area contributed by atoms with Crippen LogP contribution in [0.4, 0.5) is 4.79 Å². The molecule has 6 heteroatoms. The molecule has 0 aromatic carbocycles. The second kappa shape index (κ2) is 5.42. The fourth-order valence-electron chi connectivity index (χ4n) is 3.18. The summed E-state index contributed by atoms with van der Waals surface area (Å²) in [5.74, 6) is 1.77. The first kappa shape index (κ1) is 13.4. The van der Waals surface area contributed by atoms with Gasteiger partial charge in [-0.15, -0.1) is 0 Å². The molecule has 1 saturated heterocycles. The van der Waals surface area contributed by atoms with Crippen LogP contribution in [0.15, 0.2) is 4.52 Å². The van der Waals surface area contributed by atoms with Gasteiger partial charge in [-0.05, 0) is 45.4 Å². The number of rotatable bonds is 3. The van der Waals surface area contributed by atoms with E-state index in [4.69, 9.17) is 4.52 Å². The lowest BCUT2D eigenvalue weighted by Gasteiger charge is -2.37. The van der Waals surface area contributed by atoms with Gasteiger partial charge in [0, 0.05) is 12.6 Å². The minimum absolute atomic E-state index is 0.00255. The molecule has 2 amide bonds. The van der Waals surface area contributed by atoms with Gasteiger partial charge in [-0.1, -0.05) is 11.6 Å². The Balaban J connectivity index is 1.60. The van der Waals surface area contributed by atoms with E-state index >= 15 is 0 Å². The maximum absolute atomic E-state index is 12.4. The van der Waals surface area contributed by atoms with Crippen LogP contribution in [-0.4, -0.2) is 33.7 Å². The minimum atomic E-state index is -0.244. The monoisotopic (exact) mass is 278 g/mol. The van der Waals surface area contributed by atoms with Gasteiger partial charge in [-0.3, -0.25) is 0 Å². The van der Waals surface area contributed by atoms with Gasteiger partial charge in [0.2, 0.25) is 5.89 Å². The average molecular weight is 278 g/mol. The summed E-state index contributed by atoms with van der Waals surface area (Å²) in [7, 11) is 0. The Morgan fingerprint density at radius 1 is 1.40 bits per heavy atom. The van der Waals surface area contributed by atoms with Crippen LogP contribution in [0.5, 0.6) is 0 Å². The number of hydrogen-bond acceptors (Lipinski definition) is 4. The molecule has 0 unspecified atom stereocenters. The molecule has 1 aromatic rings. The van der Waals surface area contributed by atoms with Crippen molar-refractivity contribution in [1.29, 1.82) is 0 Å². The van der Waals surface area contributed by atoms with Crippen LogP contribution in [-0.2, 0) is 0 Å². The van der Waals surface area contributed by atoms with Crippen molar-refractivity contribution in [3.63, 3.8) is 0 Å². The third-order valence-electron chi connectivity index (χ3n) is 4.51. The van der Waals surface area contributed by atoms with E-state index in [1.165, 1.54) is 19.3 Å². The third kappa shape index (κ3) is 2.51. The van der Waals surface area contributed by atoms with Crippen LogP contribution in [0, 0.1) is 12.8 Å². The number of likely N-dealkylation sites (tertiary alicyclic amines) is 1. The predicted octanol–water partition coefficient (Wildman–Crippen LogP) is 2.41. The van der Waals surface area contributed by atoms with Crippen molar-refractivity contribution in [3.05, 3.63) is 11.7 Å². The number of urea groups is 1. The SMILES string of the molecule is Cc1noc([C@@H](C)NC(=O)N2CCC[C@@H]2C2CCC2)n1. The smallest absolute Gasteiger partial charge is 0.318 e. The maximum atomic E-state index is 12.4. The first-order valence-electron chi connectivity index (χ1n) is 7.52. The summed E-state index contributed by atoms with van der Waals surface area (Å²) in [4.78, 5) is 18.6. The molecule has 2 fully saturated rings. The number of nitrogens with zero attached hydrogens (tertiary/aromatic N) is 3. The fraction of sp³-hybridized carbons (Fsp3) is 0.786. The first-order valence-corrected chi connectivity index (χ1v) is 7.52. The molecule has 1 saturated carbocycles. The molecular formula is C14H22N4O2. The van der Waals surface area contributed by atoms with Crippen molar-refractivity contribution in [1.82, 2.24) is 20.4 Å². The highest BCUT2D eigenvalue weighted by Gasteiger charge is 2.37. The van der Waals surface area contributed by atoms with E-state index in [2.05, 4.69) is 15.5 Å². The molecule has 0 bridgehead atoms. The Morgan fingerprint density at radius 2 is 2.20 bits per heavy atom. The summed E-state index contributed by atoms with van der Waals surface area (Å²) in [6, 6.07) is 0.189. The standard InChI is InChI=1S/C14H22N4O2/c1-9(13-16-10(2)17-20-13)15-14(19)18-8-4-7-12(18)11-5-3-6-11/h9,11-12H,3-8H2,1-2H3,(H,15,19)/t9-,12-/m1/s1. The normalized spacial score (nSPS) is 24.5. The molecular weight excluding hydrogens is 256 g/mol. The van der Waals surface area contributed by atoms with Crippen molar-refractivity contribution in [3.8, 4) is 0 Å². The van der Waals surface area contributed by atoms with Crippen molar-refractivity contribution >= 4 is 6.03 Å². The Kier molecular flexibility index (Phi) is 3.63. The molecule has 2 aliphatic rings. The fourth-order valence-corrected chi connectivity index (χ4v) is 3.18. The predicted molar refractivity (Wildman–Crippen MR) is 73.1 cm³/mol. The number of nitrogens with one attached hydrogen (secondary N) is 1. The van der Waals surface area contributed by atoms with Crippen LogP contribution in [0.1, 0.15) is 56.8 Å². The van der Waals surface area contributed by atoms with E-state index in [0.717, 1.165) is 19.4 Å². The Labute approximate surface area is 118 Å². The summed E-state index contributed by atoms with van der Waals surface area (Å²) in [6.07, 6.45) is 6.11. The second-order valence-electron chi connectivity index (χ2n) is 5.94. The van der Waals surface area contributed by atoms with Gasteiger partial charge in [0.05, 0.1) is 0 Å². The van der Waals surface area contributed by atoms with Gasteiger partial charge in [0.25, 0.3) is 0 Å². The van der Waals surface area contributed by atoms with Crippen LogP contribution in [0.2, 0.25) is 0 Å². The first-order chi connectivity index (χ1) is 9.65. The average Bonchev–Trinajstić information content (AvgIpc) is 2.96. The highest BCUT2D eigenvalue weighted by Crippen LogP contribution is 2.37. The highest BCUT2D eigenvalue weighted by atomic mass is 16.5. The number of carbonyl (C=O) groups is 1. The van der Waals surface area contributed by atoms with Gasteiger partial charge in [0.15, 0.2) is 5.82 Å². The Morgan fingerprint density at radius 3 is 2.80 bits per heavy atom. The third-order valence-corrected chi connectivity index (χ3v) is 4.51. The summed E-state index contributed by atoms with van der Waals surface area (Å²) in [5, 5.41) is 6.73. The second-order valence-corrected chi connectivity index (χ2v) is 5.94. The molecule has 2 atom stereocenters. The number of aromatic nitrogens is 2. The van der Waals surface area contributed by atoms with Crippen molar-refractivity contribution in [2.24, 2.45) is 5.92 Å². The summed E-state index contributed by atoms with van der Waals surface area (Å²) in [5.41, 5.74) is 0. The van der Waals surface area contributed by atoms with Crippen LogP contribution in [0.25, 0.3) is 0 Å². The molecule has 1 aliphatic carbocycles. The zero-order chi connectivity index (χ0) is 14.1. The Bertz CT molecular complexity index is 483. The van der Waals surface area contributed by atoms with Crippen LogP contribution >= 0.6 is 0 Å². The number of carbonyl (C=O) groups excluding carboxylic acids is 1. The minimum Gasteiger partial charge on any atom is -0.337 e. The molecule has 3 rings (SSSR count). The summed E-state index contributed by atoms with van der Waals surface area (Å²) in [6.45, 7) is 4.51. The molecule has 6 nitrogen and oxygen atoms in total. The lowest BCUT2D eigenvalue weighted by atomic mass is 9.79. The molecule has 0 radical (unpaired) electrons. The largest absolute Gasteiger partial charge is 0.337 e. The van der Waals surface area contributed by atoms with E-state index in [0.29, 0.717) is 23.7 Å². The molecule has 1 aliphatic heterocycles. The van der Waals surface area contributed by atoms with Crippen molar-refractivity contribution in [2.75, 3.05) is 6.54 Å². The molecule has 110 valence electrons. The number of amides is 2.